The lowest BCUT2D eigenvalue weighted by molar-refractivity contribution is -0.119. The topological polar surface area (TPSA) is 33.7 Å². The van der Waals surface area contributed by atoms with E-state index in [1.807, 2.05) is 6.07 Å². The van der Waals surface area contributed by atoms with E-state index in [1.165, 1.54) is 0 Å². The van der Waals surface area contributed by atoms with Gasteiger partial charge in [0.05, 0.1) is 5.69 Å². The molecule has 0 radical (unpaired) electrons. The van der Waals surface area contributed by atoms with Crippen LogP contribution in [0.5, 0.6) is 11.5 Å². The smallest absolute Gasteiger partial charge is 0.305 e. The summed E-state index contributed by atoms with van der Waals surface area (Å²) in [5.41, 5.74) is 0.753. The summed E-state index contributed by atoms with van der Waals surface area (Å²) in [6, 6.07) is 5.17. The van der Waals surface area contributed by atoms with Gasteiger partial charge in [0.2, 0.25) is 0 Å². The number of alkyl halides is 2. The average Bonchev–Trinajstić information content (AvgIpc) is 2.40. The molecule has 98 valence electrons. The van der Waals surface area contributed by atoms with Crippen molar-refractivity contribution in [2.45, 2.75) is 12.7 Å². The summed E-state index contributed by atoms with van der Waals surface area (Å²) >= 11 is 0. The molecular formula is C12H14F2N2O2. The predicted octanol–water partition coefficient (Wildman–Crippen LogP) is 1.46. The van der Waals surface area contributed by atoms with E-state index in [0.29, 0.717) is 5.75 Å². The zero-order chi connectivity index (χ0) is 12.5. The average molecular weight is 256 g/mol. The molecule has 1 aromatic carbocycles. The third-order valence-electron chi connectivity index (χ3n) is 3.09. The van der Waals surface area contributed by atoms with Gasteiger partial charge in [-0.05, 0) is 12.1 Å². The summed E-state index contributed by atoms with van der Waals surface area (Å²) < 4.78 is 36.2. The second-order valence-electron chi connectivity index (χ2n) is 4.28. The van der Waals surface area contributed by atoms with Crippen LogP contribution < -0.4 is 19.7 Å². The van der Waals surface area contributed by atoms with Gasteiger partial charge >= 0.3 is 12.7 Å². The molecule has 2 unspecified atom stereocenters. The van der Waals surface area contributed by atoms with Crippen LogP contribution in [-0.4, -0.2) is 38.9 Å². The van der Waals surface area contributed by atoms with Crippen molar-refractivity contribution in [1.29, 1.82) is 0 Å². The molecule has 0 saturated carbocycles. The number of halogens is 2. The summed E-state index contributed by atoms with van der Waals surface area (Å²) in [6.07, 6.45) is -4.13. The lowest BCUT2D eigenvalue weighted by Crippen LogP contribution is -2.44. The summed E-state index contributed by atoms with van der Waals surface area (Å²) in [5.74, 6) is 0.549. The van der Waals surface area contributed by atoms with Gasteiger partial charge in [-0.15, -0.1) is 0 Å². The van der Waals surface area contributed by atoms with E-state index in [4.69, 9.17) is 9.47 Å². The highest BCUT2D eigenvalue weighted by atomic mass is 19.2. The van der Waals surface area contributed by atoms with Crippen LogP contribution in [0.4, 0.5) is 14.5 Å². The predicted molar refractivity (Wildman–Crippen MR) is 62.6 cm³/mol. The summed E-state index contributed by atoms with van der Waals surface area (Å²) in [4.78, 5) is 2.07. The van der Waals surface area contributed by atoms with Gasteiger partial charge in [0, 0.05) is 26.2 Å². The van der Waals surface area contributed by atoms with E-state index in [0.717, 1.165) is 31.9 Å². The van der Waals surface area contributed by atoms with E-state index in [1.54, 1.807) is 12.1 Å². The van der Waals surface area contributed by atoms with Gasteiger partial charge in [-0.2, -0.15) is 8.78 Å². The van der Waals surface area contributed by atoms with Crippen molar-refractivity contribution < 1.29 is 18.3 Å². The van der Waals surface area contributed by atoms with Crippen LogP contribution in [0.3, 0.4) is 0 Å². The van der Waals surface area contributed by atoms with E-state index in [9.17, 15) is 8.78 Å². The number of nitrogens with zero attached hydrogens (tertiary/aromatic N) is 1. The largest absolute Gasteiger partial charge is 0.450 e. The number of fused-ring (bicyclic) bond motifs is 1. The van der Waals surface area contributed by atoms with Crippen molar-refractivity contribution in [2.24, 2.45) is 0 Å². The first-order valence-electron chi connectivity index (χ1n) is 5.96. The van der Waals surface area contributed by atoms with Gasteiger partial charge in [-0.1, -0.05) is 6.07 Å². The highest BCUT2D eigenvalue weighted by Crippen LogP contribution is 2.42. The molecule has 3 rings (SSSR count). The Hall–Kier alpha value is -1.56. The van der Waals surface area contributed by atoms with Crippen LogP contribution >= 0.6 is 0 Å². The maximum Gasteiger partial charge on any atom is 0.305 e. The fourth-order valence-electron chi connectivity index (χ4n) is 2.21. The number of ether oxygens (including phenoxy) is 2. The van der Waals surface area contributed by atoms with Gasteiger partial charge in [0.25, 0.3) is 0 Å². The Bertz CT molecular complexity index is 438. The first-order chi connectivity index (χ1) is 8.75. The fourth-order valence-corrected chi connectivity index (χ4v) is 2.21. The number of benzene rings is 1. The number of hydrogen-bond donors (Lipinski definition) is 1. The maximum absolute atomic E-state index is 13.2. The van der Waals surface area contributed by atoms with Crippen LogP contribution in [0.15, 0.2) is 18.2 Å². The third-order valence-corrected chi connectivity index (χ3v) is 3.09. The molecule has 0 amide bonds. The summed E-state index contributed by atoms with van der Waals surface area (Å²) in [5, 5.41) is 3.23. The van der Waals surface area contributed by atoms with Crippen LogP contribution in [0.25, 0.3) is 0 Å². The zero-order valence-corrected chi connectivity index (χ0v) is 9.73. The number of nitrogens with one attached hydrogen (secondary N) is 1. The van der Waals surface area contributed by atoms with Crippen molar-refractivity contribution in [1.82, 2.24) is 5.32 Å². The minimum atomic E-state index is -2.07. The molecule has 2 heterocycles. The van der Waals surface area contributed by atoms with Gasteiger partial charge in [0.1, 0.15) is 0 Å². The third kappa shape index (κ3) is 1.96. The molecule has 0 aromatic heterocycles. The molecule has 1 saturated heterocycles. The molecule has 0 spiro atoms. The highest BCUT2D eigenvalue weighted by Gasteiger charge is 2.33. The van der Waals surface area contributed by atoms with Crippen LogP contribution in [0.1, 0.15) is 0 Å². The Balaban J connectivity index is 1.93. The Morgan fingerprint density at radius 1 is 1.11 bits per heavy atom. The fraction of sp³-hybridized carbons (Fsp3) is 0.500. The molecule has 2 aliphatic rings. The van der Waals surface area contributed by atoms with Crippen molar-refractivity contribution in [3.05, 3.63) is 18.2 Å². The van der Waals surface area contributed by atoms with E-state index in [2.05, 4.69) is 10.2 Å². The monoisotopic (exact) mass is 256 g/mol. The minimum Gasteiger partial charge on any atom is -0.450 e. The normalized spacial score (nSPS) is 27.1. The van der Waals surface area contributed by atoms with Crippen molar-refractivity contribution in [3.8, 4) is 11.5 Å². The number of rotatable bonds is 1. The van der Waals surface area contributed by atoms with Gasteiger partial charge < -0.3 is 19.7 Å². The molecular weight excluding hydrogens is 242 g/mol. The molecule has 0 bridgehead atoms. The van der Waals surface area contributed by atoms with Crippen LogP contribution in [0, 0.1) is 0 Å². The molecule has 1 fully saturated rings. The second-order valence-corrected chi connectivity index (χ2v) is 4.28. The molecule has 2 atom stereocenters. The van der Waals surface area contributed by atoms with Gasteiger partial charge in [-0.25, -0.2) is 0 Å². The van der Waals surface area contributed by atoms with Gasteiger partial charge in [-0.3, -0.25) is 0 Å². The van der Waals surface area contributed by atoms with Crippen LogP contribution in [-0.2, 0) is 0 Å². The summed E-state index contributed by atoms with van der Waals surface area (Å²) in [7, 11) is 0. The molecule has 18 heavy (non-hydrogen) atoms. The SMILES string of the molecule is FC1Oc2cccc(N3CCNCC3)c2OC1F. The minimum absolute atomic E-state index is 0.257. The molecule has 0 aliphatic carbocycles. The standard InChI is InChI=1S/C12H14F2N2O2/c13-11-12(14)18-10-8(2-1-3-9(10)17-11)16-6-4-15-5-7-16/h1-3,11-12,15H,4-7H2. The van der Waals surface area contributed by atoms with E-state index >= 15 is 0 Å². The molecule has 1 aromatic rings. The molecule has 6 heteroatoms. The van der Waals surface area contributed by atoms with Crippen molar-refractivity contribution >= 4 is 5.69 Å². The number of para-hydroxylation sites is 1. The van der Waals surface area contributed by atoms with E-state index < -0.39 is 12.7 Å². The highest BCUT2D eigenvalue weighted by molar-refractivity contribution is 5.65. The zero-order valence-electron chi connectivity index (χ0n) is 9.73. The number of anilines is 1. The van der Waals surface area contributed by atoms with Gasteiger partial charge in [0.15, 0.2) is 11.5 Å². The lowest BCUT2D eigenvalue weighted by atomic mass is 10.2. The number of piperazine rings is 1. The Kier molecular flexibility index (Phi) is 2.95. The molecule has 4 nitrogen and oxygen atoms in total. The van der Waals surface area contributed by atoms with Crippen molar-refractivity contribution in [2.75, 3.05) is 31.1 Å². The lowest BCUT2D eigenvalue weighted by Gasteiger charge is -2.33. The molecule has 2 aliphatic heterocycles. The van der Waals surface area contributed by atoms with E-state index in [-0.39, 0.29) is 5.75 Å². The quantitative estimate of drug-likeness (QED) is 0.824. The molecule has 1 N–H and O–H groups in total. The Morgan fingerprint density at radius 2 is 1.83 bits per heavy atom. The van der Waals surface area contributed by atoms with Crippen molar-refractivity contribution in [3.63, 3.8) is 0 Å². The Morgan fingerprint density at radius 3 is 2.61 bits per heavy atom. The maximum atomic E-state index is 13.2. The second kappa shape index (κ2) is 4.61. The Labute approximate surface area is 103 Å². The number of hydrogen-bond acceptors (Lipinski definition) is 4. The van der Waals surface area contributed by atoms with Crippen LogP contribution in [0.2, 0.25) is 0 Å². The summed E-state index contributed by atoms with van der Waals surface area (Å²) in [6.45, 7) is 3.32. The first kappa shape index (κ1) is 11.5. The first-order valence-corrected chi connectivity index (χ1v) is 5.96.